The van der Waals surface area contributed by atoms with Crippen molar-refractivity contribution in [2.24, 2.45) is 0 Å². The van der Waals surface area contributed by atoms with Crippen LogP contribution in [0.25, 0.3) is 44.7 Å². The highest BCUT2D eigenvalue weighted by atomic mass is 79.9. The molecule has 0 saturated carbocycles. The van der Waals surface area contributed by atoms with E-state index in [1.54, 1.807) is 30.9 Å². The summed E-state index contributed by atoms with van der Waals surface area (Å²) in [5.41, 5.74) is 18.4. The van der Waals surface area contributed by atoms with Gasteiger partial charge in [0, 0.05) is 98.5 Å². The number of anilines is 2. The van der Waals surface area contributed by atoms with Crippen molar-refractivity contribution >= 4 is 144 Å². The number of nitrogen functional groups attached to an aromatic ring is 2. The fraction of sp³-hybridized carbons (Fsp3) is 0.508. The SMILES string of the molecule is C.Cc1nc2cc(Br)cnc2n1COCC[Si](C)(C)C.Cc1nc2cc(C3OC(C)(C)C(C)(C)O3)cnc2n1COCC[Si](C)(C)C.Cc1nc2ncc(Br)cc2[nH]1.Cc1nc2ncc(Br)cc2n1COCC[Si](C)(C)C.Nc1cc(Br)cnc1N. The topological polar surface area (TPSA) is 245 Å². The number of aryl methyl sites for hydroxylation is 4. The Labute approximate surface area is 544 Å². The van der Waals surface area contributed by atoms with Gasteiger partial charge in [0.15, 0.2) is 28.9 Å². The minimum Gasteiger partial charge on any atom is -0.396 e. The van der Waals surface area contributed by atoms with Crippen LogP contribution < -0.4 is 11.5 Å². The third kappa shape index (κ3) is 21.4. The third-order valence-electron chi connectivity index (χ3n) is 13.8. The zero-order chi connectivity index (χ0) is 62.8. The number of H-pyrrole nitrogens is 1. The number of imidazole rings is 4. The second kappa shape index (κ2) is 30.9. The fourth-order valence-corrected chi connectivity index (χ4v) is 11.6. The molecule has 10 rings (SSSR count). The first-order valence-electron chi connectivity index (χ1n) is 28.1. The lowest BCUT2D eigenvalue weighted by Gasteiger charge is -2.30. The standard InChI is InChI=1S/C20H33N3O3Si.2C13H20BrN3OSi.C7H6BrN3.C5H6BrN3.CH4/c1-14-22-16-11-15(18-25-19(2,3)20(4,5)26-18)12-21-17(16)23(14)13-24-9-10-27(6,7)8;1-10-16-13-12(7-11(14)8-15-13)17(10)9-18-5-6-19(2,3)4;1-10-16-12-7-11(14)8-15-13(12)17(10)9-18-5-6-19(2,3)4;1-4-10-6-2-5(8)3-9-7(6)11-4;6-3-1-4(7)5(8)9-2-3;/h11-12,18H,9-10,13H2,1-8H3;2*7-8H,5-6,9H2,1-4H3;2-3H,1H3,(H,9,10,11);1-2H,7H2,(H2,8,9);1H4. The van der Waals surface area contributed by atoms with Crippen LogP contribution in [0, 0.1) is 27.7 Å². The molecule has 0 radical (unpaired) electrons. The first kappa shape index (κ1) is 72.3. The van der Waals surface area contributed by atoms with Gasteiger partial charge in [-0.15, -0.1) is 0 Å². The Hall–Kier alpha value is -4.40. The van der Waals surface area contributed by atoms with Crippen LogP contribution in [-0.4, -0.2) is 119 Å². The molecule has 0 aromatic carbocycles. The van der Waals surface area contributed by atoms with Crippen molar-refractivity contribution < 1.29 is 23.7 Å². The van der Waals surface area contributed by atoms with E-state index in [1.165, 1.54) is 12.1 Å². The number of pyridine rings is 5. The molecule has 470 valence electrons. The molecule has 1 aliphatic rings. The van der Waals surface area contributed by atoms with E-state index < -0.39 is 30.5 Å². The molecular weight excluding hydrogens is 1400 g/mol. The maximum absolute atomic E-state index is 6.13. The van der Waals surface area contributed by atoms with Crippen molar-refractivity contribution in [2.45, 2.75) is 178 Å². The zero-order valence-corrected chi connectivity index (χ0v) is 61.6. The molecule has 1 saturated heterocycles. The molecule has 0 unspecified atom stereocenters. The zero-order valence-electron chi connectivity index (χ0n) is 52.3. The van der Waals surface area contributed by atoms with Gasteiger partial charge in [0.25, 0.3) is 0 Å². The van der Waals surface area contributed by atoms with E-state index >= 15 is 0 Å². The van der Waals surface area contributed by atoms with Crippen LogP contribution in [0.4, 0.5) is 11.5 Å². The number of ether oxygens (including phenoxy) is 5. The summed E-state index contributed by atoms with van der Waals surface area (Å²) in [7, 11) is -3.14. The van der Waals surface area contributed by atoms with Gasteiger partial charge < -0.3 is 44.7 Å². The Morgan fingerprint density at radius 2 is 0.942 bits per heavy atom. The van der Waals surface area contributed by atoms with Crippen LogP contribution in [0.3, 0.4) is 0 Å². The number of nitrogens with two attached hydrogens (primary N) is 2. The summed E-state index contributed by atoms with van der Waals surface area (Å²) < 4.78 is 39.6. The van der Waals surface area contributed by atoms with E-state index in [0.29, 0.717) is 31.7 Å². The summed E-state index contributed by atoms with van der Waals surface area (Å²) in [5.74, 6) is 4.04. The minimum absolute atomic E-state index is 0. The molecule has 5 N–H and O–H groups in total. The molecule has 1 fully saturated rings. The van der Waals surface area contributed by atoms with Gasteiger partial charge in [-0.2, -0.15) is 0 Å². The number of fused-ring (bicyclic) bond motifs is 4. The Morgan fingerprint density at radius 3 is 1.44 bits per heavy atom. The van der Waals surface area contributed by atoms with Crippen molar-refractivity contribution in [2.75, 3.05) is 31.3 Å². The summed E-state index contributed by atoms with van der Waals surface area (Å²) in [4.78, 5) is 42.1. The van der Waals surface area contributed by atoms with Crippen LogP contribution in [0.1, 0.15) is 70.3 Å². The van der Waals surface area contributed by atoms with Crippen LogP contribution in [0.15, 0.2) is 79.2 Å². The van der Waals surface area contributed by atoms with Crippen LogP contribution in [0.2, 0.25) is 77.1 Å². The number of hydrogen-bond acceptors (Lipinski definition) is 16. The van der Waals surface area contributed by atoms with Crippen molar-refractivity contribution in [3.05, 3.63) is 108 Å². The first-order valence-corrected chi connectivity index (χ1v) is 42.4. The molecular formula is C59H89Br4N15O5Si3. The quantitative estimate of drug-likeness (QED) is 0.0601. The molecule has 0 amide bonds. The maximum atomic E-state index is 6.13. The highest BCUT2D eigenvalue weighted by molar-refractivity contribution is 9.11. The van der Waals surface area contributed by atoms with Crippen molar-refractivity contribution in [3.8, 4) is 0 Å². The Balaban J connectivity index is 0.000000205. The molecule has 0 aliphatic carbocycles. The summed E-state index contributed by atoms with van der Waals surface area (Å²) >= 11 is 13.4. The average molecular weight is 1490 g/mol. The number of rotatable bonds is 16. The highest BCUT2D eigenvalue weighted by Gasteiger charge is 2.49. The van der Waals surface area contributed by atoms with Gasteiger partial charge in [0.1, 0.15) is 60.3 Å². The van der Waals surface area contributed by atoms with E-state index in [0.717, 1.165) is 117 Å². The molecule has 9 aromatic rings. The number of halogens is 4. The monoisotopic (exact) mass is 1490 g/mol. The third-order valence-corrected chi connectivity index (χ3v) is 20.7. The molecule has 10 heterocycles. The number of nitrogens with one attached hydrogen (secondary N) is 1. The molecule has 0 atom stereocenters. The normalized spacial score (nSPS) is 14.0. The van der Waals surface area contributed by atoms with Gasteiger partial charge in [0.05, 0.1) is 27.9 Å². The lowest BCUT2D eigenvalue weighted by molar-refractivity contribution is -0.0896. The minimum atomic E-state index is -1.09. The van der Waals surface area contributed by atoms with E-state index in [4.69, 9.17) is 35.2 Å². The molecule has 86 heavy (non-hydrogen) atoms. The molecule has 0 spiro atoms. The summed E-state index contributed by atoms with van der Waals surface area (Å²) in [5, 5.41) is 0. The molecule has 20 nitrogen and oxygen atoms in total. The second-order valence-electron chi connectivity index (χ2n) is 25.5. The predicted molar refractivity (Wildman–Crippen MR) is 371 cm³/mol. The maximum Gasteiger partial charge on any atom is 0.186 e. The Morgan fingerprint density at radius 1 is 0.523 bits per heavy atom. The van der Waals surface area contributed by atoms with Crippen molar-refractivity contribution in [1.29, 1.82) is 0 Å². The lowest BCUT2D eigenvalue weighted by Crippen LogP contribution is -2.41. The van der Waals surface area contributed by atoms with Gasteiger partial charge >= 0.3 is 0 Å². The first-order chi connectivity index (χ1) is 39.6. The number of aromatic nitrogens is 13. The average Bonchev–Trinajstić information content (AvgIpc) is 3.15. The molecule has 9 aromatic heterocycles. The van der Waals surface area contributed by atoms with Crippen LogP contribution in [-0.2, 0) is 43.9 Å². The van der Waals surface area contributed by atoms with Gasteiger partial charge in [-0.05, 0) is 168 Å². The highest BCUT2D eigenvalue weighted by Crippen LogP contribution is 2.45. The summed E-state index contributed by atoms with van der Waals surface area (Å²) in [6, 6.07) is 13.2. The van der Waals surface area contributed by atoms with Gasteiger partial charge in [-0.25, -0.2) is 44.9 Å². The molecule has 1 aliphatic heterocycles. The number of hydrogen-bond donors (Lipinski definition) is 3. The van der Waals surface area contributed by atoms with Gasteiger partial charge in [-0.3, -0.25) is 9.13 Å². The smallest absolute Gasteiger partial charge is 0.186 e. The van der Waals surface area contributed by atoms with Crippen molar-refractivity contribution in [3.63, 3.8) is 0 Å². The lowest BCUT2D eigenvalue weighted by atomic mass is 9.90. The molecule has 27 heteroatoms. The van der Waals surface area contributed by atoms with E-state index in [2.05, 4.69) is 205 Å². The van der Waals surface area contributed by atoms with Gasteiger partial charge in [0.2, 0.25) is 0 Å². The Kier molecular flexibility index (Phi) is 26.0. The number of nitrogens with zero attached hydrogens (tertiary/aromatic N) is 12. The van der Waals surface area contributed by atoms with E-state index in [9.17, 15) is 0 Å². The summed E-state index contributed by atoms with van der Waals surface area (Å²) in [6.07, 6.45) is 8.30. The second-order valence-corrected chi connectivity index (χ2v) is 46.0. The largest absolute Gasteiger partial charge is 0.396 e. The molecule has 0 bridgehead atoms. The van der Waals surface area contributed by atoms with Crippen LogP contribution in [0.5, 0.6) is 0 Å². The van der Waals surface area contributed by atoms with E-state index in [-0.39, 0.29) is 18.6 Å². The summed E-state index contributed by atoms with van der Waals surface area (Å²) in [6.45, 7) is 41.2. The van der Waals surface area contributed by atoms with E-state index in [1.807, 2.05) is 67.3 Å². The Bertz CT molecular complexity index is 3650. The van der Waals surface area contributed by atoms with Crippen molar-refractivity contribution in [1.82, 2.24) is 63.5 Å². The number of aromatic amines is 1. The predicted octanol–water partition coefficient (Wildman–Crippen LogP) is 16.0. The van der Waals surface area contributed by atoms with Crippen LogP contribution >= 0.6 is 63.7 Å². The fourth-order valence-electron chi connectivity index (χ4n) is 7.98. The van der Waals surface area contributed by atoms with Gasteiger partial charge in [-0.1, -0.05) is 66.3 Å².